The summed E-state index contributed by atoms with van der Waals surface area (Å²) in [5, 5.41) is 2.90. The van der Waals surface area contributed by atoms with Crippen LogP contribution in [0.25, 0.3) is 0 Å². The van der Waals surface area contributed by atoms with E-state index in [0.29, 0.717) is 30.8 Å². The van der Waals surface area contributed by atoms with Gasteiger partial charge in [-0.2, -0.15) is 0 Å². The summed E-state index contributed by atoms with van der Waals surface area (Å²) in [6.45, 7) is 5.74. The topological polar surface area (TPSA) is 52.7 Å². The van der Waals surface area contributed by atoms with Gasteiger partial charge in [0.2, 0.25) is 0 Å². The van der Waals surface area contributed by atoms with Gasteiger partial charge in [0.05, 0.1) is 0 Å². The number of piperazine rings is 1. The first kappa shape index (κ1) is 19.0. The number of benzene rings is 2. The summed E-state index contributed by atoms with van der Waals surface area (Å²) in [5.74, 6) is -0.127. The molecule has 5 heteroatoms. The molecule has 0 saturated carbocycles. The SMILES string of the molecule is CCCCNC(=O)c1cccc(C(=O)N2CCN(c3ccccc3)CC2)c1. The summed E-state index contributed by atoms with van der Waals surface area (Å²) >= 11 is 0. The standard InChI is InChI=1S/C22H27N3O2/c1-2-3-12-23-21(26)18-8-7-9-19(17-18)22(27)25-15-13-24(14-16-25)20-10-5-4-6-11-20/h4-11,17H,2-3,12-16H2,1H3,(H,23,26). The molecule has 1 saturated heterocycles. The molecule has 0 aromatic heterocycles. The number of hydrogen-bond acceptors (Lipinski definition) is 3. The molecule has 0 spiro atoms. The molecule has 2 aromatic carbocycles. The minimum Gasteiger partial charge on any atom is -0.368 e. The van der Waals surface area contributed by atoms with E-state index in [4.69, 9.17) is 0 Å². The first-order valence-corrected chi connectivity index (χ1v) is 9.66. The predicted molar refractivity (Wildman–Crippen MR) is 108 cm³/mol. The first-order valence-electron chi connectivity index (χ1n) is 9.66. The maximum absolute atomic E-state index is 12.9. The fourth-order valence-electron chi connectivity index (χ4n) is 3.26. The summed E-state index contributed by atoms with van der Waals surface area (Å²) in [4.78, 5) is 29.2. The maximum atomic E-state index is 12.9. The Balaban J connectivity index is 1.60. The highest BCUT2D eigenvalue weighted by molar-refractivity contribution is 5.99. The molecule has 3 rings (SSSR count). The van der Waals surface area contributed by atoms with E-state index in [-0.39, 0.29) is 11.8 Å². The molecule has 0 unspecified atom stereocenters. The van der Waals surface area contributed by atoms with E-state index in [2.05, 4.69) is 29.3 Å². The molecule has 1 aliphatic heterocycles. The van der Waals surface area contributed by atoms with Crippen molar-refractivity contribution in [2.24, 2.45) is 0 Å². The van der Waals surface area contributed by atoms with Gasteiger partial charge in [-0.1, -0.05) is 37.6 Å². The van der Waals surface area contributed by atoms with Gasteiger partial charge in [-0.3, -0.25) is 9.59 Å². The van der Waals surface area contributed by atoms with Crippen molar-refractivity contribution in [1.82, 2.24) is 10.2 Å². The Morgan fingerprint density at radius 2 is 1.63 bits per heavy atom. The van der Waals surface area contributed by atoms with Crippen LogP contribution in [-0.2, 0) is 0 Å². The van der Waals surface area contributed by atoms with Crippen LogP contribution in [0.5, 0.6) is 0 Å². The maximum Gasteiger partial charge on any atom is 0.253 e. The number of nitrogens with one attached hydrogen (secondary N) is 1. The normalized spacial score (nSPS) is 14.1. The van der Waals surface area contributed by atoms with Crippen LogP contribution in [0.2, 0.25) is 0 Å². The quantitative estimate of drug-likeness (QED) is 0.800. The summed E-state index contributed by atoms with van der Waals surface area (Å²) in [5.41, 5.74) is 2.31. The van der Waals surface area contributed by atoms with Gasteiger partial charge in [0.1, 0.15) is 0 Å². The first-order chi connectivity index (χ1) is 13.2. The Labute approximate surface area is 161 Å². The van der Waals surface area contributed by atoms with Crippen LogP contribution < -0.4 is 10.2 Å². The number of rotatable bonds is 6. The molecule has 0 atom stereocenters. The zero-order chi connectivity index (χ0) is 19.1. The highest BCUT2D eigenvalue weighted by Crippen LogP contribution is 2.17. The predicted octanol–water partition coefficient (Wildman–Crippen LogP) is 3.18. The molecule has 1 heterocycles. The summed E-state index contributed by atoms with van der Waals surface area (Å²) in [6.07, 6.45) is 1.99. The Morgan fingerprint density at radius 1 is 0.926 bits per heavy atom. The van der Waals surface area contributed by atoms with E-state index < -0.39 is 0 Å². The van der Waals surface area contributed by atoms with Crippen LogP contribution in [0.15, 0.2) is 54.6 Å². The van der Waals surface area contributed by atoms with Crippen molar-refractivity contribution in [3.63, 3.8) is 0 Å². The number of hydrogen-bond donors (Lipinski definition) is 1. The lowest BCUT2D eigenvalue weighted by Crippen LogP contribution is -2.48. The zero-order valence-electron chi connectivity index (χ0n) is 15.9. The Bertz CT molecular complexity index is 768. The minimum atomic E-state index is -0.119. The second-order valence-electron chi connectivity index (χ2n) is 6.81. The second kappa shape index (κ2) is 9.21. The second-order valence-corrected chi connectivity index (χ2v) is 6.81. The molecule has 27 heavy (non-hydrogen) atoms. The molecular formula is C22H27N3O2. The van der Waals surface area contributed by atoms with Gasteiger partial charge in [0.25, 0.3) is 11.8 Å². The Kier molecular flexibility index (Phi) is 6.47. The lowest BCUT2D eigenvalue weighted by Gasteiger charge is -2.36. The van der Waals surface area contributed by atoms with Crippen molar-refractivity contribution in [2.75, 3.05) is 37.6 Å². The minimum absolute atomic E-state index is 0.00841. The fraction of sp³-hybridized carbons (Fsp3) is 0.364. The number of carbonyl (C=O) groups is 2. The summed E-state index contributed by atoms with van der Waals surface area (Å²) in [7, 11) is 0. The molecule has 142 valence electrons. The summed E-state index contributed by atoms with van der Waals surface area (Å²) < 4.78 is 0. The molecule has 1 N–H and O–H groups in total. The average molecular weight is 365 g/mol. The van der Waals surface area contributed by atoms with Crippen molar-refractivity contribution < 1.29 is 9.59 Å². The monoisotopic (exact) mass is 365 g/mol. The van der Waals surface area contributed by atoms with E-state index in [1.54, 1.807) is 24.3 Å². The van der Waals surface area contributed by atoms with Gasteiger partial charge in [0, 0.05) is 49.5 Å². The van der Waals surface area contributed by atoms with Crippen LogP contribution in [0.3, 0.4) is 0 Å². The van der Waals surface area contributed by atoms with Gasteiger partial charge in [0.15, 0.2) is 0 Å². The molecule has 5 nitrogen and oxygen atoms in total. The van der Waals surface area contributed by atoms with E-state index in [1.165, 1.54) is 5.69 Å². The smallest absolute Gasteiger partial charge is 0.253 e. The fourth-order valence-corrected chi connectivity index (χ4v) is 3.26. The molecule has 1 fully saturated rings. The van der Waals surface area contributed by atoms with Crippen molar-refractivity contribution in [3.8, 4) is 0 Å². The lowest BCUT2D eigenvalue weighted by molar-refractivity contribution is 0.0747. The zero-order valence-corrected chi connectivity index (χ0v) is 15.9. The molecule has 0 bridgehead atoms. The van der Waals surface area contributed by atoms with Crippen molar-refractivity contribution in [1.29, 1.82) is 0 Å². The number of nitrogens with zero attached hydrogens (tertiary/aromatic N) is 2. The van der Waals surface area contributed by atoms with E-state index >= 15 is 0 Å². The van der Waals surface area contributed by atoms with Crippen molar-refractivity contribution in [2.45, 2.75) is 19.8 Å². The average Bonchev–Trinajstić information content (AvgIpc) is 2.74. The highest BCUT2D eigenvalue weighted by Gasteiger charge is 2.22. The van der Waals surface area contributed by atoms with E-state index in [9.17, 15) is 9.59 Å². The number of para-hydroxylation sites is 1. The third-order valence-electron chi connectivity index (χ3n) is 4.88. The van der Waals surface area contributed by atoms with Crippen LogP contribution in [0.1, 0.15) is 40.5 Å². The number of amides is 2. The third kappa shape index (κ3) is 4.88. The lowest BCUT2D eigenvalue weighted by atomic mass is 10.1. The highest BCUT2D eigenvalue weighted by atomic mass is 16.2. The van der Waals surface area contributed by atoms with E-state index in [0.717, 1.165) is 25.9 Å². The summed E-state index contributed by atoms with van der Waals surface area (Å²) in [6, 6.07) is 17.3. The van der Waals surface area contributed by atoms with Crippen molar-refractivity contribution >= 4 is 17.5 Å². The third-order valence-corrected chi connectivity index (χ3v) is 4.88. The largest absolute Gasteiger partial charge is 0.368 e. The molecule has 2 amide bonds. The number of anilines is 1. The van der Waals surface area contributed by atoms with Crippen LogP contribution in [0, 0.1) is 0 Å². The van der Waals surface area contributed by atoms with Gasteiger partial charge in [-0.25, -0.2) is 0 Å². The molecule has 1 aliphatic rings. The number of unbranched alkanes of at least 4 members (excludes halogenated alkanes) is 1. The van der Waals surface area contributed by atoms with Crippen molar-refractivity contribution in [3.05, 3.63) is 65.7 Å². The van der Waals surface area contributed by atoms with Gasteiger partial charge < -0.3 is 15.1 Å². The van der Waals surface area contributed by atoms with E-state index in [1.807, 2.05) is 23.1 Å². The van der Waals surface area contributed by atoms with Gasteiger partial charge >= 0.3 is 0 Å². The Hall–Kier alpha value is -2.82. The Morgan fingerprint density at radius 3 is 2.33 bits per heavy atom. The van der Waals surface area contributed by atoms with Gasteiger partial charge in [-0.15, -0.1) is 0 Å². The molecule has 0 radical (unpaired) electrons. The van der Waals surface area contributed by atoms with Crippen LogP contribution in [-0.4, -0.2) is 49.4 Å². The molecule has 0 aliphatic carbocycles. The van der Waals surface area contributed by atoms with Crippen LogP contribution in [0.4, 0.5) is 5.69 Å². The molecule has 2 aromatic rings. The number of carbonyl (C=O) groups excluding carboxylic acids is 2. The van der Waals surface area contributed by atoms with Gasteiger partial charge in [-0.05, 0) is 36.8 Å². The van der Waals surface area contributed by atoms with Crippen LogP contribution >= 0.6 is 0 Å². The molecular weight excluding hydrogens is 338 g/mol.